The maximum atomic E-state index is 13.6. The molecule has 4 rings (SSSR count). The van der Waals surface area contributed by atoms with Crippen LogP contribution in [0.25, 0.3) is 11.0 Å². The van der Waals surface area contributed by atoms with Crippen molar-refractivity contribution in [1.82, 2.24) is 9.55 Å². The lowest BCUT2D eigenvalue weighted by molar-refractivity contribution is 0.0534. The fraction of sp³-hybridized carbons (Fsp3) is 0.393. The van der Waals surface area contributed by atoms with E-state index in [-0.39, 0.29) is 0 Å². The van der Waals surface area contributed by atoms with E-state index in [1.807, 2.05) is 32.9 Å². The number of benzene rings is 2. The molecule has 0 saturated heterocycles. The van der Waals surface area contributed by atoms with Crippen LogP contribution in [-0.4, -0.2) is 34.9 Å². The number of anilines is 1. The first-order valence-electron chi connectivity index (χ1n) is 11.8. The van der Waals surface area contributed by atoms with Gasteiger partial charge in [-0.2, -0.15) is 5.26 Å². The Labute approximate surface area is 206 Å². The first-order valence-corrected chi connectivity index (χ1v) is 11.8. The minimum Gasteiger partial charge on any atom is -0.496 e. The Hall–Kier alpha value is -3.79. The van der Waals surface area contributed by atoms with Crippen molar-refractivity contribution in [1.29, 1.82) is 5.26 Å². The van der Waals surface area contributed by atoms with Gasteiger partial charge in [-0.05, 0) is 82.9 Å². The van der Waals surface area contributed by atoms with Crippen molar-refractivity contribution in [2.75, 3.05) is 19.0 Å². The Morgan fingerprint density at radius 3 is 2.69 bits per heavy atom. The standard InChI is InChI=1S/C28H32N4O3/c1-8-12-28(6,23-19-11-13-30-24(19)17(2)14-22(23)34-7)25-31-20-15-18(16-29)9-10-21(20)32(25)26(33)35-27(3,4)5/h8-10,14-15,30H,1,11-13H2,2-7H3. The molecular weight excluding hydrogens is 440 g/mol. The lowest BCUT2D eigenvalue weighted by Gasteiger charge is -2.33. The second-order valence-electron chi connectivity index (χ2n) is 10.2. The second-order valence-corrected chi connectivity index (χ2v) is 10.2. The van der Waals surface area contributed by atoms with E-state index in [2.05, 4.69) is 31.8 Å². The Balaban J connectivity index is 2.08. The van der Waals surface area contributed by atoms with E-state index in [9.17, 15) is 10.1 Å². The van der Waals surface area contributed by atoms with Crippen molar-refractivity contribution in [2.24, 2.45) is 0 Å². The zero-order valence-corrected chi connectivity index (χ0v) is 21.3. The summed E-state index contributed by atoms with van der Waals surface area (Å²) in [6.45, 7) is 14.5. The molecule has 0 amide bonds. The number of nitrogens with zero attached hydrogens (tertiary/aromatic N) is 3. The first-order chi connectivity index (χ1) is 16.5. The second kappa shape index (κ2) is 8.77. The molecule has 0 aliphatic carbocycles. The fourth-order valence-electron chi connectivity index (χ4n) is 5.03. The molecule has 0 fully saturated rings. The highest BCUT2D eigenvalue weighted by Gasteiger charge is 2.41. The molecule has 182 valence electrons. The molecule has 0 spiro atoms. The van der Waals surface area contributed by atoms with E-state index in [1.54, 1.807) is 29.9 Å². The van der Waals surface area contributed by atoms with Gasteiger partial charge in [-0.25, -0.2) is 14.3 Å². The van der Waals surface area contributed by atoms with E-state index >= 15 is 0 Å². The van der Waals surface area contributed by atoms with Crippen LogP contribution in [0.5, 0.6) is 5.75 Å². The average Bonchev–Trinajstić information content (AvgIpc) is 3.42. The predicted molar refractivity (Wildman–Crippen MR) is 137 cm³/mol. The Bertz CT molecular complexity index is 1370. The molecule has 1 aliphatic rings. The van der Waals surface area contributed by atoms with Crippen LogP contribution in [0.15, 0.2) is 36.9 Å². The molecule has 7 heteroatoms. The van der Waals surface area contributed by atoms with Gasteiger partial charge >= 0.3 is 6.09 Å². The molecule has 3 aromatic rings. The van der Waals surface area contributed by atoms with Crippen LogP contribution in [0, 0.1) is 18.3 Å². The highest BCUT2D eigenvalue weighted by Crippen LogP contribution is 2.47. The van der Waals surface area contributed by atoms with Gasteiger partial charge in [0.1, 0.15) is 17.2 Å². The molecule has 0 radical (unpaired) electrons. The zero-order valence-electron chi connectivity index (χ0n) is 21.3. The van der Waals surface area contributed by atoms with Crippen LogP contribution in [0.1, 0.15) is 62.2 Å². The molecule has 1 aliphatic heterocycles. The molecule has 1 aromatic heterocycles. The minimum absolute atomic E-state index is 0.473. The topological polar surface area (TPSA) is 89.2 Å². The molecule has 1 atom stereocenters. The third-order valence-corrected chi connectivity index (χ3v) is 6.45. The molecular formula is C28H32N4O3. The van der Waals surface area contributed by atoms with Crippen molar-refractivity contribution in [3.8, 4) is 11.8 Å². The zero-order chi connectivity index (χ0) is 25.5. The number of methoxy groups -OCH3 is 1. The normalized spacial score (nSPS) is 14.5. The monoisotopic (exact) mass is 472 g/mol. The van der Waals surface area contributed by atoms with Gasteiger partial charge in [0.15, 0.2) is 0 Å². The summed E-state index contributed by atoms with van der Waals surface area (Å²) < 4.78 is 13.3. The number of imidazole rings is 1. The summed E-state index contributed by atoms with van der Waals surface area (Å²) in [4.78, 5) is 18.6. The van der Waals surface area contributed by atoms with Gasteiger partial charge in [-0.1, -0.05) is 6.08 Å². The van der Waals surface area contributed by atoms with Crippen LogP contribution >= 0.6 is 0 Å². The van der Waals surface area contributed by atoms with E-state index < -0.39 is 17.1 Å². The summed E-state index contributed by atoms with van der Waals surface area (Å²) in [7, 11) is 1.66. The van der Waals surface area contributed by atoms with Crippen LogP contribution in [-0.2, 0) is 16.6 Å². The van der Waals surface area contributed by atoms with Gasteiger partial charge in [-0.15, -0.1) is 6.58 Å². The van der Waals surface area contributed by atoms with Gasteiger partial charge in [0.05, 0.1) is 35.2 Å². The Morgan fingerprint density at radius 2 is 2.06 bits per heavy atom. The fourth-order valence-corrected chi connectivity index (χ4v) is 5.03. The lowest BCUT2D eigenvalue weighted by Crippen LogP contribution is -2.34. The largest absolute Gasteiger partial charge is 0.496 e. The number of aromatic nitrogens is 2. The Kier molecular flexibility index (Phi) is 6.10. The smallest absolute Gasteiger partial charge is 0.420 e. The van der Waals surface area contributed by atoms with Gasteiger partial charge in [0.2, 0.25) is 0 Å². The number of nitriles is 1. The number of carbonyl (C=O) groups excluding carboxylic acids is 1. The molecule has 7 nitrogen and oxygen atoms in total. The number of rotatable bonds is 5. The molecule has 2 heterocycles. The number of aryl methyl sites for hydroxylation is 1. The molecule has 0 saturated carbocycles. The summed E-state index contributed by atoms with van der Waals surface area (Å²) in [5.41, 5.74) is 4.50. The quantitative estimate of drug-likeness (QED) is 0.468. The van der Waals surface area contributed by atoms with Crippen LogP contribution in [0.4, 0.5) is 10.5 Å². The van der Waals surface area contributed by atoms with Crippen molar-refractivity contribution in [3.05, 3.63) is 65.0 Å². The summed E-state index contributed by atoms with van der Waals surface area (Å²) in [5, 5.41) is 12.9. The third kappa shape index (κ3) is 4.14. The van der Waals surface area contributed by atoms with Gasteiger partial charge in [-0.3, -0.25) is 0 Å². The molecule has 2 aromatic carbocycles. The number of fused-ring (bicyclic) bond motifs is 2. The number of ether oxygens (including phenoxy) is 2. The number of hydrogen-bond acceptors (Lipinski definition) is 6. The minimum atomic E-state index is -0.764. The van der Waals surface area contributed by atoms with Crippen LogP contribution in [0.3, 0.4) is 0 Å². The summed E-state index contributed by atoms with van der Waals surface area (Å²) >= 11 is 0. The van der Waals surface area contributed by atoms with Gasteiger partial charge in [0, 0.05) is 17.8 Å². The van der Waals surface area contributed by atoms with E-state index in [0.29, 0.717) is 28.8 Å². The van der Waals surface area contributed by atoms with Gasteiger partial charge < -0.3 is 14.8 Å². The number of hydrogen-bond donors (Lipinski definition) is 1. The maximum absolute atomic E-state index is 13.6. The predicted octanol–water partition coefficient (Wildman–Crippen LogP) is 5.86. The molecule has 35 heavy (non-hydrogen) atoms. The molecule has 0 bridgehead atoms. The molecule has 1 N–H and O–H groups in total. The van der Waals surface area contributed by atoms with Gasteiger partial charge in [0.25, 0.3) is 0 Å². The highest BCUT2D eigenvalue weighted by molar-refractivity contribution is 5.89. The summed E-state index contributed by atoms with van der Waals surface area (Å²) in [5.74, 6) is 1.27. The average molecular weight is 473 g/mol. The van der Waals surface area contributed by atoms with Crippen molar-refractivity contribution < 1.29 is 14.3 Å². The van der Waals surface area contributed by atoms with Crippen molar-refractivity contribution in [2.45, 2.75) is 58.5 Å². The van der Waals surface area contributed by atoms with E-state index in [0.717, 1.165) is 41.1 Å². The number of carbonyl (C=O) groups is 1. The number of allylic oxidation sites excluding steroid dienone is 1. The summed E-state index contributed by atoms with van der Waals surface area (Å²) in [6.07, 6.45) is 2.67. The third-order valence-electron chi connectivity index (χ3n) is 6.45. The highest BCUT2D eigenvalue weighted by atomic mass is 16.6. The SMILES string of the molecule is C=CCC(C)(c1c(OC)cc(C)c2c1CCN2)c1nc2cc(C#N)ccc2n1C(=O)OC(C)(C)C. The summed E-state index contributed by atoms with van der Waals surface area (Å²) in [6, 6.07) is 9.33. The van der Waals surface area contributed by atoms with E-state index in [1.165, 1.54) is 0 Å². The molecule has 1 unspecified atom stereocenters. The van der Waals surface area contributed by atoms with Crippen molar-refractivity contribution >= 4 is 22.8 Å². The van der Waals surface area contributed by atoms with E-state index in [4.69, 9.17) is 14.5 Å². The van der Waals surface area contributed by atoms with Crippen molar-refractivity contribution in [3.63, 3.8) is 0 Å². The maximum Gasteiger partial charge on any atom is 0.420 e. The number of nitrogens with one attached hydrogen (secondary N) is 1. The van der Waals surface area contributed by atoms with Crippen LogP contribution < -0.4 is 10.1 Å². The Morgan fingerprint density at radius 1 is 1.31 bits per heavy atom. The van der Waals surface area contributed by atoms with Crippen LogP contribution in [0.2, 0.25) is 0 Å². The first kappa shape index (κ1) is 24.3. The lowest BCUT2D eigenvalue weighted by atomic mass is 9.74.